The summed E-state index contributed by atoms with van der Waals surface area (Å²) in [4.78, 5) is -0.0740. The maximum Gasteiger partial charge on any atom is 0.240 e. The van der Waals surface area contributed by atoms with E-state index >= 15 is 0 Å². The van der Waals surface area contributed by atoms with Crippen molar-refractivity contribution in [1.29, 1.82) is 0 Å². The summed E-state index contributed by atoms with van der Waals surface area (Å²) in [6.07, 6.45) is 1.79. The van der Waals surface area contributed by atoms with E-state index in [0.29, 0.717) is 5.92 Å². The van der Waals surface area contributed by atoms with Gasteiger partial charge in [0.1, 0.15) is 5.82 Å². The third-order valence-electron chi connectivity index (χ3n) is 3.33. The molecule has 0 amide bonds. The Morgan fingerprint density at radius 1 is 1.50 bits per heavy atom. The summed E-state index contributed by atoms with van der Waals surface area (Å²) < 4.78 is 40.5. The zero-order valence-corrected chi connectivity index (χ0v) is 12.0. The molecule has 2 unspecified atom stereocenters. The van der Waals surface area contributed by atoms with Crippen molar-refractivity contribution in [2.75, 3.05) is 6.54 Å². The predicted molar refractivity (Wildman–Crippen MR) is 74.8 cm³/mol. The molecule has 1 aliphatic rings. The summed E-state index contributed by atoms with van der Waals surface area (Å²) in [5.41, 5.74) is 5.36. The fourth-order valence-electron chi connectivity index (χ4n) is 2.02. The molecule has 2 rings (SSSR count). The Hall–Kier alpha value is -1.42. The van der Waals surface area contributed by atoms with E-state index < -0.39 is 15.8 Å². The number of halogens is 1. The summed E-state index contributed by atoms with van der Waals surface area (Å²) >= 11 is 0. The number of sulfonamides is 1. The summed E-state index contributed by atoms with van der Waals surface area (Å²) in [5, 5.41) is 0. The van der Waals surface area contributed by atoms with Crippen molar-refractivity contribution in [3.63, 3.8) is 0 Å². The van der Waals surface area contributed by atoms with Gasteiger partial charge in [-0.2, -0.15) is 0 Å². The highest BCUT2D eigenvalue weighted by Crippen LogP contribution is 2.34. The predicted octanol–water partition coefficient (Wildman–Crippen LogP) is 1.21. The first-order chi connectivity index (χ1) is 9.47. The van der Waals surface area contributed by atoms with Gasteiger partial charge < -0.3 is 5.73 Å². The lowest BCUT2D eigenvalue weighted by Crippen LogP contribution is -2.27. The van der Waals surface area contributed by atoms with Crippen molar-refractivity contribution in [2.45, 2.75) is 30.7 Å². The lowest BCUT2D eigenvalue weighted by Gasteiger charge is -2.06. The standard InChI is InChI=1S/C14H17FN2O2S/c1-2-10-8-14(10)17-20(18,19)12-6-5-11(4-3-7-16)13(15)9-12/h5-6,9-10,14,17H,2,7-8,16H2,1H3. The van der Waals surface area contributed by atoms with Crippen LogP contribution < -0.4 is 10.5 Å². The molecule has 0 radical (unpaired) electrons. The molecule has 0 aliphatic heterocycles. The minimum absolute atomic E-state index is 0.0234. The molecule has 1 aromatic carbocycles. The minimum atomic E-state index is -3.66. The molecule has 108 valence electrons. The molecule has 1 fully saturated rings. The molecule has 0 aromatic heterocycles. The number of rotatable bonds is 4. The first-order valence-corrected chi connectivity index (χ1v) is 7.97. The van der Waals surface area contributed by atoms with E-state index in [9.17, 15) is 12.8 Å². The van der Waals surface area contributed by atoms with Crippen LogP contribution in [0.5, 0.6) is 0 Å². The number of hydrogen-bond acceptors (Lipinski definition) is 3. The number of benzene rings is 1. The van der Waals surface area contributed by atoms with Gasteiger partial charge in [0.05, 0.1) is 17.0 Å². The zero-order chi connectivity index (χ0) is 14.8. The fourth-order valence-corrected chi connectivity index (χ4v) is 3.35. The van der Waals surface area contributed by atoms with Gasteiger partial charge in [-0.15, -0.1) is 0 Å². The summed E-state index contributed by atoms with van der Waals surface area (Å²) in [6, 6.07) is 3.68. The molecule has 0 bridgehead atoms. The summed E-state index contributed by atoms with van der Waals surface area (Å²) in [5.74, 6) is 4.82. The van der Waals surface area contributed by atoms with Crippen LogP contribution in [0.25, 0.3) is 0 Å². The minimum Gasteiger partial charge on any atom is -0.320 e. The molecule has 0 saturated heterocycles. The van der Waals surface area contributed by atoms with E-state index in [2.05, 4.69) is 16.6 Å². The van der Waals surface area contributed by atoms with E-state index in [1.807, 2.05) is 6.92 Å². The van der Waals surface area contributed by atoms with Gasteiger partial charge in [0.25, 0.3) is 0 Å². The Balaban J connectivity index is 2.18. The largest absolute Gasteiger partial charge is 0.320 e. The molecule has 20 heavy (non-hydrogen) atoms. The summed E-state index contributed by atoms with van der Waals surface area (Å²) in [7, 11) is -3.66. The monoisotopic (exact) mass is 296 g/mol. The normalized spacial score (nSPS) is 21.1. The molecular weight excluding hydrogens is 279 g/mol. The van der Waals surface area contributed by atoms with E-state index in [1.54, 1.807) is 0 Å². The van der Waals surface area contributed by atoms with Gasteiger partial charge in [-0.25, -0.2) is 17.5 Å². The lowest BCUT2D eigenvalue weighted by atomic mass is 10.2. The second kappa shape index (κ2) is 5.92. The van der Waals surface area contributed by atoms with Crippen LogP contribution in [-0.2, 0) is 10.0 Å². The van der Waals surface area contributed by atoms with Crippen molar-refractivity contribution >= 4 is 10.0 Å². The van der Waals surface area contributed by atoms with Gasteiger partial charge in [0.15, 0.2) is 0 Å². The Labute approximate surface area is 118 Å². The molecule has 4 nitrogen and oxygen atoms in total. The van der Waals surface area contributed by atoms with Gasteiger partial charge >= 0.3 is 0 Å². The average molecular weight is 296 g/mol. The number of hydrogen-bond donors (Lipinski definition) is 2. The van der Waals surface area contributed by atoms with Crippen LogP contribution in [0.15, 0.2) is 23.1 Å². The fraction of sp³-hybridized carbons (Fsp3) is 0.429. The van der Waals surface area contributed by atoms with Crippen molar-refractivity contribution in [1.82, 2.24) is 4.72 Å². The van der Waals surface area contributed by atoms with Crippen LogP contribution in [0, 0.1) is 23.6 Å². The van der Waals surface area contributed by atoms with E-state index in [-0.39, 0.29) is 23.0 Å². The second-order valence-corrected chi connectivity index (χ2v) is 6.49. The summed E-state index contributed by atoms with van der Waals surface area (Å²) in [6.45, 7) is 2.14. The van der Waals surface area contributed by atoms with Crippen LogP contribution in [0.3, 0.4) is 0 Å². The molecule has 0 spiro atoms. The SMILES string of the molecule is CCC1CC1NS(=O)(=O)c1ccc(C#CCN)c(F)c1. The Morgan fingerprint density at radius 2 is 2.25 bits per heavy atom. The van der Waals surface area contributed by atoms with Crippen LogP contribution in [0.1, 0.15) is 25.3 Å². The number of nitrogens with one attached hydrogen (secondary N) is 1. The quantitative estimate of drug-likeness (QED) is 0.820. The second-order valence-electron chi connectivity index (χ2n) is 4.78. The molecule has 6 heteroatoms. The van der Waals surface area contributed by atoms with Crippen LogP contribution in [0.2, 0.25) is 0 Å². The molecule has 2 atom stereocenters. The van der Waals surface area contributed by atoms with Crippen LogP contribution in [0.4, 0.5) is 4.39 Å². The Morgan fingerprint density at radius 3 is 2.80 bits per heavy atom. The van der Waals surface area contributed by atoms with Crippen molar-refractivity contribution in [3.05, 3.63) is 29.6 Å². The van der Waals surface area contributed by atoms with E-state index in [1.165, 1.54) is 12.1 Å². The average Bonchev–Trinajstić information content (AvgIpc) is 3.14. The van der Waals surface area contributed by atoms with E-state index in [4.69, 9.17) is 5.73 Å². The van der Waals surface area contributed by atoms with Crippen molar-refractivity contribution < 1.29 is 12.8 Å². The Bertz CT molecular complexity index is 661. The zero-order valence-electron chi connectivity index (χ0n) is 11.2. The van der Waals surface area contributed by atoms with Gasteiger partial charge in [-0.05, 0) is 30.5 Å². The highest BCUT2D eigenvalue weighted by Gasteiger charge is 2.38. The third kappa shape index (κ3) is 3.37. The molecular formula is C14H17FN2O2S. The van der Waals surface area contributed by atoms with Crippen molar-refractivity contribution in [3.8, 4) is 11.8 Å². The highest BCUT2D eigenvalue weighted by molar-refractivity contribution is 7.89. The van der Waals surface area contributed by atoms with Gasteiger partial charge in [0, 0.05) is 6.04 Å². The van der Waals surface area contributed by atoms with Gasteiger partial charge in [-0.1, -0.05) is 25.2 Å². The van der Waals surface area contributed by atoms with Crippen molar-refractivity contribution in [2.24, 2.45) is 11.7 Å². The molecule has 1 saturated carbocycles. The van der Waals surface area contributed by atoms with Crippen LogP contribution in [-0.4, -0.2) is 21.0 Å². The lowest BCUT2D eigenvalue weighted by molar-refractivity contribution is 0.572. The first-order valence-electron chi connectivity index (χ1n) is 6.48. The number of nitrogens with two attached hydrogens (primary N) is 1. The third-order valence-corrected chi connectivity index (χ3v) is 4.82. The Kier molecular flexibility index (Phi) is 4.43. The topological polar surface area (TPSA) is 72.2 Å². The van der Waals surface area contributed by atoms with Crippen LogP contribution >= 0.6 is 0 Å². The van der Waals surface area contributed by atoms with E-state index in [0.717, 1.165) is 18.9 Å². The smallest absolute Gasteiger partial charge is 0.240 e. The molecule has 1 aliphatic carbocycles. The first kappa shape index (κ1) is 15.0. The van der Waals surface area contributed by atoms with Gasteiger partial charge in [-0.3, -0.25) is 0 Å². The molecule has 1 aromatic rings. The molecule has 3 N–H and O–H groups in total. The maximum atomic E-state index is 13.8. The molecule has 0 heterocycles. The van der Waals surface area contributed by atoms with Gasteiger partial charge in [0.2, 0.25) is 10.0 Å². The maximum absolute atomic E-state index is 13.8. The highest BCUT2D eigenvalue weighted by atomic mass is 32.2.